The van der Waals surface area contributed by atoms with Gasteiger partial charge in [0.05, 0.1) is 6.07 Å². The molecule has 70 valence electrons. The molecule has 1 rings (SSSR count). The fourth-order valence-electron chi connectivity index (χ4n) is 0.944. The summed E-state index contributed by atoms with van der Waals surface area (Å²) in [7, 11) is 0. The Balaban J connectivity index is 3.18. The first-order chi connectivity index (χ1) is 6.69. The number of hydrogen-bond donors (Lipinski definition) is 0. The normalized spacial score (nSPS) is 11.2. The monoisotopic (exact) mass is 270 g/mol. The summed E-state index contributed by atoms with van der Waals surface area (Å²) < 4.78 is 0.649. The van der Waals surface area contributed by atoms with Crippen LogP contribution in [0.25, 0.3) is 0 Å². The molecule has 0 aliphatic heterocycles. The standard InChI is InChI=1S/C9H4BrClN2O/c10-8-3-6(11)1-2-7(8)9(4-12)13-5-14/h1-3,9H. The van der Waals surface area contributed by atoms with Gasteiger partial charge in [-0.25, -0.2) is 4.79 Å². The van der Waals surface area contributed by atoms with E-state index in [0.717, 1.165) is 0 Å². The summed E-state index contributed by atoms with van der Waals surface area (Å²) in [6.07, 6.45) is 1.36. The zero-order valence-electron chi connectivity index (χ0n) is 6.87. The Hall–Kier alpha value is -1.14. The number of halogens is 2. The number of isocyanates is 1. The minimum Gasteiger partial charge on any atom is -0.211 e. The predicted molar refractivity (Wildman–Crippen MR) is 55.6 cm³/mol. The quantitative estimate of drug-likeness (QED) is 0.613. The van der Waals surface area contributed by atoms with Gasteiger partial charge < -0.3 is 0 Å². The number of aliphatic imine (C=N–C) groups is 1. The predicted octanol–water partition coefficient (Wildman–Crippen LogP) is 3.00. The Bertz CT molecular complexity index is 435. The fourth-order valence-corrected chi connectivity index (χ4v) is 1.84. The van der Waals surface area contributed by atoms with E-state index in [1.165, 1.54) is 6.08 Å². The van der Waals surface area contributed by atoms with E-state index in [1.807, 2.05) is 6.07 Å². The second-order valence-corrected chi connectivity index (χ2v) is 3.71. The molecular weight excluding hydrogens is 267 g/mol. The Kier molecular flexibility index (Phi) is 3.84. The number of rotatable bonds is 2. The summed E-state index contributed by atoms with van der Waals surface area (Å²) in [5.74, 6) is 0. The number of benzene rings is 1. The van der Waals surface area contributed by atoms with Gasteiger partial charge in [0, 0.05) is 15.1 Å². The lowest BCUT2D eigenvalue weighted by molar-refractivity contribution is 0.561. The Morgan fingerprint density at radius 2 is 2.29 bits per heavy atom. The van der Waals surface area contributed by atoms with Crippen LogP contribution in [0.4, 0.5) is 0 Å². The summed E-state index contributed by atoms with van der Waals surface area (Å²) >= 11 is 8.95. The maximum Gasteiger partial charge on any atom is 0.236 e. The van der Waals surface area contributed by atoms with Crippen LogP contribution in [0.3, 0.4) is 0 Å². The largest absolute Gasteiger partial charge is 0.236 e. The number of carbonyl (C=O) groups excluding carboxylic acids is 1. The van der Waals surface area contributed by atoms with E-state index in [0.29, 0.717) is 15.1 Å². The third kappa shape index (κ3) is 2.43. The van der Waals surface area contributed by atoms with Crippen molar-refractivity contribution in [2.24, 2.45) is 4.99 Å². The minimum absolute atomic E-state index is 0.549. The molecule has 0 spiro atoms. The molecule has 0 aromatic heterocycles. The van der Waals surface area contributed by atoms with Gasteiger partial charge in [0.2, 0.25) is 6.08 Å². The topological polar surface area (TPSA) is 53.2 Å². The smallest absolute Gasteiger partial charge is 0.211 e. The molecule has 14 heavy (non-hydrogen) atoms. The zero-order valence-corrected chi connectivity index (χ0v) is 9.21. The average molecular weight is 272 g/mol. The molecule has 3 nitrogen and oxygen atoms in total. The van der Waals surface area contributed by atoms with Gasteiger partial charge in [0.1, 0.15) is 0 Å². The molecule has 0 N–H and O–H groups in total. The van der Waals surface area contributed by atoms with Gasteiger partial charge in [-0.3, -0.25) is 0 Å². The lowest BCUT2D eigenvalue weighted by Crippen LogP contribution is -1.92. The summed E-state index contributed by atoms with van der Waals surface area (Å²) in [6, 6.07) is 5.95. The van der Waals surface area contributed by atoms with Crippen molar-refractivity contribution < 1.29 is 4.79 Å². The first-order valence-corrected chi connectivity index (χ1v) is 4.77. The van der Waals surface area contributed by atoms with Crippen molar-refractivity contribution in [3.05, 3.63) is 33.3 Å². The molecule has 0 heterocycles. The van der Waals surface area contributed by atoms with Gasteiger partial charge >= 0.3 is 0 Å². The second kappa shape index (κ2) is 4.92. The number of nitriles is 1. The van der Waals surface area contributed by atoms with Crippen LogP contribution in [0.1, 0.15) is 11.6 Å². The Morgan fingerprint density at radius 1 is 1.57 bits per heavy atom. The SMILES string of the molecule is N#CC(N=C=O)c1ccc(Cl)cc1Br. The van der Waals surface area contributed by atoms with E-state index in [2.05, 4.69) is 20.9 Å². The fraction of sp³-hybridized carbons (Fsp3) is 0.111. The second-order valence-electron chi connectivity index (χ2n) is 2.42. The molecule has 0 saturated heterocycles. The third-order valence-electron chi connectivity index (χ3n) is 1.56. The van der Waals surface area contributed by atoms with Crippen molar-refractivity contribution in [3.8, 4) is 6.07 Å². The molecule has 0 amide bonds. The molecule has 0 bridgehead atoms. The van der Waals surface area contributed by atoms with E-state index < -0.39 is 6.04 Å². The highest BCUT2D eigenvalue weighted by molar-refractivity contribution is 9.10. The van der Waals surface area contributed by atoms with E-state index in [9.17, 15) is 4.79 Å². The third-order valence-corrected chi connectivity index (χ3v) is 2.48. The van der Waals surface area contributed by atoms with Gasteiger partial charge in [-0.15, -0.1) is 0 Å². The highest BCUT2D eigenvalue weighted by Crippen LogP contribution is 2.28. The van der Waals surface area contributed by atoms with Crippen LogP contribution in [0.5, 0.6) is 0 Å². The lowest BCUT2D eigenvalue weighted by atomic mass is 10.1. The van der Waals surface area contributed by atoms with Crippen LogP contribution in [0, 0.1) is 11.3 Å². The van der Waals surface area contributed by atoms with Crippen molar-refractivity contribution in [1.29, 1.82) is 5.26 Å². The van der Waals surface area contributed by atoms with Crippen molar-refractivity contribution in [3.63, 3.8) is 0 Å². The molecule has 1 unspecified atom stereocenters. The van der Waals surface area contributed by atoms with E-state index in [-0.39, 0.29) is 0 Å². The van der Waals surface area contributed by atoms with Crippen molar-refractivity contribution >= 4 is 33.6 Å². The van der Waals surface area contributed by atoms with Crippen LogP contribution in [-0.4, -0.2) is 6.08 Å². The van der Waals surface area contributed by atoms with Crippen molar-refractivity contribution in [2.75, 3.05) is 0 Å². The first-order valence-electron chi connectivity index (χ1n) is 3.60. The average Bonchev–Trinajstić information content (AvgIpc) is 2.15. The highest BCUT2D eigenvalue weighted by atomic mass is 79.9. The molecule has 0 aliphatic rings. The lowest BCUT2D eigenvalue weighted by Gasteiger charge is -2.04. The molecule has 0 aliphatic carbocycles. The maximum absolute atomic E-state index is 10.0. The van der Waals surface area contributed by atoms with Crippen LogP contribution in [0.15, 0.2) is 27.7 Å². The van der Waals surface area contributed by atoms with Crippen molar-refractivity contribution in [1.82, 2.24) is 0 Å². The van der Waals surface area contributed by atoms with Gasteiger partial charge in [0.15, 0.2) is 6.04 Å². The molecule has 1 aromatic carbocycles. The van der Waals surface area contributed by atoms with Gasteiger partial charge in [-0.1, -0.05) is 33.6 Å². The molecule has 5 heteroatoms. The maximum atomic E-state index is 10.0. The van der Waals surface area contributed by atoms with Crippen LogP contribution in [0.2, 0.25) is 5.02 Å². The molecule has 0 saturated carbocycles. The molecule has 0 fully saturated rings. The van der Waals surface area contributed by atoms with E-state index >= 15 is 0 Å². The first kappa shape index (κ1) is 10.9. The number of hydrogen-bond acceptors (Lipinski definition) is 3. The summed E-state index contributed by atoms with van der Waals surface area (Å²) in [5.41, 5.74) is 0.597. The molecule has 1 atom stereocenters. The minimum atomic E-state index is -0.834. The van der Waals surface area contributed by atoms with Gasteiger partial charge in [-0.05, 0) is 12.1 Å². The molecular formula is C9H4BrClN2O. The van der Waals surface area contributed by atoms with Gasteiger partial charge in [-0.2, -0.15) is 10.3 Å². The summed E-state index contributed by atoms with van der Waals surface area (Å²) in [5, 5.41) is 9.28. The molecule has 1 aromatic rings. The summed E-state index contributed by atoms with van der Waals surface area (Å²) in [6.45, 7) is 0. The summed E-state index contributed by atoms with van der Waals surface area (Å²) in [4.78, 5) is 13.4. The Labute approximate surface area is 94.1 Å². The van der Waals surface area contributed by atoms with Crippen LogP contribution < -0.4 is 0 Å². The van der Waals surface area contributed by atoms with E-state index in [1.54, 1.807) is 18.2 Å². The zero-order chi connectivity index (χ0) is 10.6. The van der Waals surface area contributed by atoms with Crippen molar-refractivity contribution in [2.45, 2.75) is 6.04 Å². The number of nitrogens with zero attached hydrogens (tertiary/aromatic N) is 2. The van der Waals surface area contributed by atoms with E-state index in [4.69, 9.17) is 16.9 Å². The molecule has 0 radical (unpaired) electrons. The van der Waals surface area contributed by atoms with Crippen LogP contribution >= 0.6 is 27.5 Å². The highest BCUT2D eigenvalue weighted by Gasteiger charge is 2.12. The Morgan fingerprint density at radius 3 is 2.79 bits per heavy atom. The van der Waals surface area contributed by atoms with Gasteiger partial charge in [0.25, 0.3) is 0 Å². The van der Waals surface area contributed by atoms with Crippen LogP contribution in [-0.2, 0) is 4.79 Å².